The summed E-state index contributed by atoms with van der Waals surface area (Å²) >= 11 is 0. The van der Waals surface area contributed by atoms with Gasteiger partial charge in [-0.05, 0) is 24.6 Å². The van der Waals surface area contributed by atoms with E-state index in [0.29, 0.717) is 18.7 Å². The number of ether oxygens (including phenoxy) is 1. The van der Waals surface area contributed by atoms with E-state index in [9.17, 15) is 9.90 Å². The number of nitrogens with zero attached hydrogens (tertiary/aromatic N) is 1. The highest BCUT2D eigenvalue weighted by Gasteiger charge is 2.19. The molecular formula is C20H19NO3. The maximum absolute atomic E-state index is 12.3. The van der Waals surface area contributed by atoms with Gasteiger partial charge in [0, 0.05) is 11.8 Å². The Kier molecular flexibility index (Phi) is 4.66. The lowest BCUT2D eigenvalue weighted by Gasteiger charge is -2.12. The van der Waals surface area contributed by atoms with Gasteiger partial charge in [-0.25, -0.2) is 4.79 Å². The molecule has 0 radical (unpaired) electrons. The van der Waals surface area contributed by atoms with E-state index in [1.165, 1.54) is 0 Å². The van der Waals surface area contributed by atoms with Crippen molar-refractivity contribution in [1.29, 1.82) is 0 Å². The van der Waals surface area contributed by atoms with E-state index < -0.39 is 0 Å². The van der Waals surface area contributed by atoms with Crippen LogP contribution in [0.5, 0.6) is 5.75 Å². The Morgan fingerprint density at radius 3 is 2.46 bits per heavy atom. The third-order valence-corrected chi connectivity index (χ3v) is 3.84. The molecule has 0 bridgehead atoms. The van der Waals surface area contributed by atoms with Crippen LogP contribution in [0.2, 0.25) is 0 Å². The van der Waals surface area contributed by atoms with Gasteiger partial charge in [0.05, 0.1) is 24.4 Å². The number of para-hydroxylation sites is 1. The highest BCUT2D eigenvalue weighted by Crippen LogP contribution is 2.28. The minimum Gasteiger partial charge on any atom is -0.508 e. The van der Waals surface area contributed by atoms with Crippen LogP contribution in [0.3, 0.4) is 0 Å². The van der Waals surface area contributed by atoms with E-state index in [4.69, 9.17) is 4.74 Å². The molecule has 0 atom stereocenters. The fourth-order valence-electron chi connectivity index (χ4n) is 2.72. The summed E-state index contributed by atoms with van der Waals surface area (Å²) in [5, 5.41) is 10.0. The van der Waals surface area contributed by atoms with Crippen LogP contribution < -0.4 is 0 Å². The number of aromatic nitrogens is 1. The average molecular weight is 321 g/mol. The summed E-state index contributed by atoms with van der Waals surface area (Å²) in [5.74, 6) is -0.102. The van der Waals surface area contributed by atoms with Crippen LogP contribution in [0.15, 0.2) is 66.9 Å². The molecule has 0 aliphatic heterocycles. The van der Waals surface area contributed by atoms with Gasteiger partial charge in [0.25, 0.3) is 0 Å². The molecule has 0 aliphatic carbocycles. The van der Waals surface area contributed by atoms with Crippen LogP contribution in [-0.4, -0.2) is 22.2 Å². The molecule has 0 spiro atoms. The smallest absolute Gasteiger partial charge is 0.340 e. The number of hydrogen-bond acceptors (Lipinski definition) is 3. The van der Waals surface area contributed by atoms with Crippen molar-refractivity contribution in [3.63, 3.8) is 0 Å². The molecular weight excluding hydrogens is 302 g/mol. The zero-order valence-electron chi connectivity index (χ0n) is 13.5. The number of phenolic OH excluding ortho intramolecular Hbond substituents is 1. The van der Waals surface area contributed by atoms with Gasteiger partial charge in [-0.2, -0.15) is 0 Å². The molecule has 1 heterocycles. The molecule has 3 aromatic rings. The van der Waals surface area contributed by atoms with Crippen molar-refractivity contribution >= 4 is 5.97 Å². The molecule has 3 rings (SSSR count). The fourth-order valence-corrected chi connectivity index (χ4v) is 2.72. The van der Waals surface area contributed by atoms with Crippen molar-refractivity contribution in [2.75, 3.05) is 6.61 Å². The van der Waals surface area contributed by atoms with E-state index in [1.54, 1.807) is 25.1 Å². The van der Waals surface area contributed by atoms with Crippen LogP contribution >= 0.6 is 0 Å². The number of benzene rings is 2. The van der Waals surface area contributed by atoms with Gasteiger partial charge in [-0.15, -0.1) is 0 Å². The first-order chi connectivity index (χ1) is 11.7. The third kappa shape index (κ3) is 3.18. The van der Waals surface area contributed by atoms with E-state index in [0.717, 1.165) is 16.8 Å². The van der Waals surface area contributed by atoms with Gasteiger partial charge >= 0.3 is 5.97 Å². The maximum Gasteiger partial charge on any atom is 0.340 e. The average Bonchev–Trinajstić information content (AvgIpc) is 3.02. The van der Waals surface area contributed by atoms with E-state index in [-0.39, 0.29) is 11.7 Å². The van der Waals surface area contributed by atoms with Crippen molar-refractivity contribution in [1.82, 2.24) is 4.57 Å². The maximum atomic E-state index is 12.3. The Morgan fingerprint density at radius 1 is 1.04 bits per heavy atom. The quantitative estimate of drug-likeness (QED) is 0.720. The van der Waals surface area contributed by atoms with Gasteiger partial charge in [-0.1, -0.05) is 48.5 Å². The highest BCUT2D eigenvalue weighted by molar-refractivity contribution is 5.96. The zero-order chi connectivity index (χ0) is 16.9. The standard InChI is InChI=1S/C20H19NO3/c1-2-24-20(23)17-12-13-21(14-16-10-6-7-11-18(16)22)19(17)15-8-4-3-5-9-15/h3-13,22H,2,14H2,1H3. The Hall–Kier alpha value is -3.01. The van der Waals surface area contributed by atoms with E-state index in [2.05, 4.69) is 0 Å². The molecule has 24 heavy (non-hydrogen) atoms. The molecule has 0 amide bonds. The number of carbonyl (C=O) groups is 1. The minimum absolute atomic E-state index is 0.239. The summed E-state index contributed by atoms with van der Waals surface area (Å²) in [7, 11) is 0. The molecule has 0 saturated carbocycles. The molecule has 122 valence electrons. The number of hydrogen-bond donors (Lipinski definition) is 1. The van der Waals surface area contributed by atoms with Crippen LogP contribution in [-0.2, 0) is 11.3 Å². The highest BCUT2D eigenvalue weighted by atomic mass is 16.5. The van der Waals surface area contributed by atoms with Gasteiger partial charge < -0.3 is 14.4 Å². The predicted octanol–water partition coefficient (Wildman–Crippen LogP) is 4.09. The topological polar surface area (TPSA) is 51.5 Å². The lowest BCUT2D eigenvalue weighted by atomic mass is 10.1. The van der Waals surface area contributed by atoms with E-state index in [1.807, 2.05) is 53.2 Å². The molecule has 4 heteroatoms. The molecule has 0 saturated heterocycles. The normalized spacial score (nSPS) is 10.5. The van der Waals surface area contributed by atoms with Crippen LogP contribution in [0, 0.1) is 0 Å². The number of phenols is 1. The lowest BCUT2D eigenvalue weighted by Crippen LogP contribution is -2.08. The molecule has 0 unspecified atom stereocenters. The fraction of sp³-hybridized carbons (Fsp3) is 0.150. The first-order valence-electron chi connectivity index (χ1n) is 7.89. The van der Waals surface area contributed by atoms with E-state index >= 15 is 0 Å². The molecule has 0 aliphatic rings. The lowest BCUT2D eigenvalue weighted by molar-refractivity contribution is 0.0527. The Balaban J connectivity index is 2.06. The summed E-state index contributed by atoms with van der Waals surface area (Å²) in [6, 6.07) is 18.7. The second-order valence-electron chi connectivity index (χ2n) is 5.42. The molecule has 1 aromatic heterocycles. The second kappa shape index (κ2) is 7.04. The summed E-state index contributed by atoms with van der Waals surface area (Å²) in [6.07, 6.45) is 1.85. The first kappa shape index (κ1) is 15.9. The summed E-state index contributed by atoms with van der Waals surface area (Å²) in [5.41, 5.74) is 3.04. The number of carbonyl (C=O) groups excluding carboxylic acids is 1. The van der Waals surface area contributed by atoms with Crippen LogP contribution in [0.1, 0.15) is 22.8 Å². The summed E-state index contributed by atoms with van der Waals surface area (Å²) in [4.78, 5) is 12.3. The zero-order valence-corrected chi connectivity index (χ0v) is 13.5. The van der Waals surface area contributed by atoms with Crippen LogP contribution in [0.25, 0.3) is 11.3 Å². The molecule has 0 fully saturated rings. The van der Waals surface area contributed by atoms with Gasteiger partial charge in [0.1, 0.15) is 5.75 Å². The van der Waals surface area contributed by atoms with Crippen molar-refractivity contribution in [2.45, 2.75) is 13.5 Å². The minimum atomic E-state index is -0.340. The molecule has 4 nitrogen and oxygen atoms in total. The first-order valence-corrected chi connectivity index (χ1v) is 7.89. The number of aromatic hydroxyl groups is 1. The number of rotatable bonds is 5. The molecule has 2 aromatic carbocycles. The summed E-state index contributed by atoms with van der Waals surface area (Å²) in [6.45, 7) is 2.59. The monoisotopic (exact) mass is 321 g/mol. The predicted molar refractivity (Wildman–Crippen MR) is 93.0 cm³/mol. The second-order valence-corrected chi connectivity index (χ2v) is 5.42. The van der Waals surface area contributed by atoms with Gasteiger partial charge in [-0.3, -0.25) is 0 Å². The largest absolute Gasteiger partial charge is 0.508 e. The van der Waals surface area contributed by atoms with Crippen molar-refractivity contribution < 1.29 is 14.6 Å². The van der Waals surface area contributed by atoms with Crippen LogP contribution in [0.4, 0.5) is 0 Å². The van der Waals surface area contributed by atoms with Crippen molar-refractivity contribution in [3.8, 4) is 17.0 Å². The van der Waals surface area contributed by atoms with Gasteiger partial charge in [0.2, 0.25) is 0 Å². The SMILES string of the molecule is CCOC(=O)c1ccn(Cc2ccccc2O)c1-c1ccccc1. The summed E-state index contributed by atoms with van der Waals surface area (Å²) < 4.78 is 7.13. The van der Waals surface area contributed by atoms with Crippen molar-refractivity contribution in [3.05, 3.63) is 78.0 Å². The Bertz CT molecular complexity index is 837. The molecule has 1 N–H and O–H groups in total. The van der Waals surface area contributed by atoms with Crippen molar-refractivity contribution in [2.24, 2.45) is 0 Å². The van der Waals surface area contributed by atoms with Gasteiger partial charge in [0.15, 0.2) is 0 Å². The third-order valence-electron chi connectivity index (χ3n) is 3.84. The Morgan fingerprint density at radius 2 is 1.75 bits per heavy atom. The Labute approximate surface area is 140 Å². The number of esters is 1.